The van der Waals surface area contributed by atoms with E-state index in [1.54, 1.807) is 12.1 Å². The number of nitrogens with zero attached hydrogens (tertiary/aromatic N) is 2. The Balaban J connectivity index is 1.43. The number of Topliss-reactive ketones (excluding diaryl/α,β-unsaturated/α-hetero) is 1. The lowest BCUT2D eigenvalue weighted by atomic mass is 9.99. The van der Waals surface area contributed by atoms with Crippen LogP contribution in [0.15, 0.2) is 83.3 Å². The number of carbonyl (C=O) groups excluding carboxylic acids is 1. The molecule has 4 aromatic rings. The molecule has 7 heteroatoms. The first kappa shape index (κ1) is 25.8. The van der Waals surface area contributed by atoms with Gasteiger partial charge in [0.15, 0.2) is 5.78 Å². The van der Waals surface area contributed by atoms with E-state index in [1.165, 1.54) is 0 Å². The van der Waals surface area contributed by atoms with Crippen LogP contribution in [0.5, 0.6) is 0 Å². The normalized spacial score (nSPS) is 11.7. The maximum Gasteiger partial charge on any atom is 0.303 e. The summed E-state index contributed by atoms with van der Waals surface area (Å²) in [5, 5.41) is 20.8. The molecule has 1 aromatic heterocycles. The molecule has 1 atom stereocenters. The summed E-state index contributed by atoms with van der Waals surface area (Å²) in [6, 6.07) is 25.4. The molecule has 0 radical (unpaired) electrons. The highest BCUT2D eigenvalue weighted by Gasteiger charge is 2.15. The molecule has 0 saturated carbocycles. The molecule has 0 saturated heterocycles. The second-order valence-corrected chi connectivity index (χ2v) is 8.99. The predicted molar refractivity (Wildman–Crippen MR) is 143 cm³/mol. The highest BCUT2D eigenvalue weighted by Crippen LogP contribution is 2.29. The number of carboxylic acid groups (broad SMARTS) is 1. The van der Waals surface area contributed by atoms with Gasteiger partial charge in [-0.05, 0) is 66.9 Å². The van der Waals surface area contributed by atoms with E-state index in [1.807, 2.05) is 54.6 Å². The van der Waals surface area contributed by atoms with Crippen molar-refractivity contribution in [3.63, 3.8) is 0 Å². The van der Waals surface area contributed by atoms with Crippen molar-refractivity contribution in [3.05, 3.63) is 90.0 Å². The fourth-order valence-corrected chi connectivity index (χ4v) is 4.12. The summed E-state index contributed by atoms with van der Waals surface area (Å²) in [6.07, 6.45) is 3.71. The molecule has 0 aliphatic carbocycles. The number of ketones is 1. The smallest absolute Gasteiger partial charge is 0.303 e. The SMILES string of the molecule is CCCCC(Nc1ccc(C(=O)CCCC(=O)O)cc1)c1ccc(-c2nnc(-c3ccccc3)o2)cc1. The van der Waals surface area contributed by atoms with E-state index in [4.69, 9.17) is 9.52 Å². The number of rotatable bonds is 13. The lowest BCUT2D eigenvalue weighted by molar-refractivity contribution is -0.137. The molecule has 0 aliphatic rings. The van der Waals surface area contributed by atoms with E-state index in [0.29, 0.717) is 23.8 Å². The largest absolute Gasteiger partial charge is 0.481 e. The van der Waals surface area contributed by atoms with Crippen LogP contribution in [0, 0.1) is 0 Å². The zero-order valence-electron chi connectivity index (χ0n) is 20.9. The average molecular weight is 498 g/mol. The zero-order valence-corrected chi connectivity index (χ0v) is 20.9. The van der Waals surface area contributed by atoms with Crippen molar-refractivity contribution in [2.24, 2.45) is 0 Å². The van der Waals surface area contributed by atoms with Gasteiger partial charge in [-0.1, -0.05) is 50.1 Å². The van der Waals surface area contributed by atoms with Crippen LogP contribution in [-0.2, 0) is 4.79 Å². The van der Waals surface area contributed by atoms with Crippen molar-refractivity contribution < 1.29 is 19.1 Å². The van der Waals surface area contributed by atoms with E-state index in [0.717, 1.165) is 41.6 Å². The molecule has 3 aromatic carbocycles. The number of aliphatic carboxylic acids is 1. The van der Waals surface area contributed by atoms with Gasteiger partial charge in [-0.25, -0.2) is 0 Å². The van der Waals surface area contributed by atoms with Crippen molar-refractivity contribution in [3.8, 4) is 22.9 Å². The standard InChI is InChI=1S/C30H31N3O4/c1-2-3-10-26(31-25-19-17-22(18-20-25)27(34)11-7-12-28(35)36)21-13-15-24(16-14-21)30-33-32-29(37-30)23-8-5-4-6-9-23/h4-6,8-9,13-20,26,31H,2-3,7,10-12H2,1H3,(H,35,36). The van der Waals surface area contributed by atoms with E-state index < -0.39 is 5.97 Å². The maximum absolute atomic E-state index is 12.3. The van der Waals surface area contributed by atoms with E-state index in [-0.39, 0.29) is 24.7 Å². The highest BCUT2D eigenvalue weighted by atomic mass is 16.4. The number of nitrogens with one attached hydrogen (secondary N) is 1. The topological polar surface area (TPSA) is 105 Å². The van der Waals surface area contributed by atoms with Gasteiger partial charge < -0.3 is 14.8 Å². The fraction of sp³-hybridized carbons (Fsp3) is 0.267. The molecule has 2 N–H and O–H groups in total. The lowest BCUT2D eigenvalue weighted by Gasteiger charge is -2.21. The Hall–Kier alpha value is -4.26. The summed E-state index contributed by atoms with van der Waals surface area (Å²) in [6.45, 7) is 2.17. The van der Waals surface area contributed by atoms with Crippen LogP contribution in [0.4, 0.5) is 5.69 Å². The molecular weight excluding hydrogens is 466 g/mol. The molecule has 0 amide bonds. The molecule has 4 rings (SSSR count). The van der Waals surface area contributed by atoms with Gasteiger partial charge in [0.1, 0.15) is 0 Å². The average Bonchev–Trinajstić information content (AvgIpc) is 3.42. The summed E-state index contributed by atoms with van der Waals surface area (Å²) >= 11 is 0. The first-order valence-electron chi connectivity index (χ1n) is 12.6. The Morgan fingerprint density at radius 2 is 1.49 bits per heavy atom. The number of carbonyl (C=O) groups is 2. The number of hydrogen-bond donors (Lipinski definition) is 2. The Morgan fingerprint density at radius 1 is 0.838 bits per heavy atom. The minimum Gasteiger partial charge on any atom is -0.481 e. The summed E-state index contributed by atoms with van der Waals surface area (Å²) in [7, 11) is 0. The fourth-order valence-electron chi connectivity index (χ4n) is 4.12. The second-order valence-electron chi connectivity index (χ2n) is 8.99. The van der Waals surface area contributed by atoms with Crippen LogP contribution in [0.1, 0.15) is 67.4 Å². The number of hydrogen-bond acceptors (Lipinski definition) is 6. The molecule has 190 valence electrons. The minimum absolute atomic E-state index is 0.00393. The van der Waals surface area contributed by atoms with Gasteiger partial charge in [0.2, 0.25) is 11.8 Å². The molecule has 0 bridgehead atoms. The van der Waals surface area contributed by atoms with E-state index in [2.05, 4.69) is 34.6 Å². The highest BCUT2D eigenvalue weighted by molar-refractivity contribution is 5.96. The molecular formula is C30H31N3O4. The summed E-state index contributed by atoms with van der Waals surface area (Å²) < 4.78 is 5.89. The minimum atomic E-state index is -0.882. The molecule has 0 aliphatic heterocycles. The summed E-state index contributed by atoms with van der Waals surface area (Å²) in [4.78, 5) is 23.0. The number of aromatic nitrogens is 2. The number of carboxylic acids is 1. The van der Waals surface area contributed by atoms with Gasteiger partial charge in [0.25, 0.3) is 0 Å². The predicted octanol–water partition coefficient (Wildman–Crippen LogP) is 7.18. The quantitative estimate of drug-likeness (QED) is 0.188. The molecule has 37 heavy (non-hydrogen) atoms. The van der Waals surface area contributed by atoms with Crippen LogP contribution in [0.3, 0.4) is 0 Å². The first-order valence-corrected chi connectivity index (χ1v) is 12.6. The number of benzene rings is 3. The van der Waals surface area contributed by atoms with Crippen molar-refractivity contribution in [2.75, 3.05) is 5.32 Å². The van der Waals surface area contributed by atoms with Gasteiger partial charge in [-0.3, -0.25) is 9.59 Å². The Morgan fingerprint density at radius 3 is 2.11 bits per heavy atom. The van der Waals surface area contributed by atoms with Gasteiger partial charge in [0, 0.05) is 35.2 Å². The van der Waals surface area contributed by atoms with E-state index >= 15 is 0 Å². The third kappa shape index (κ3) is 7.13. The molecule has 7 nitrogen and oxygen atoms in total. The van der Waals surface area contributed by atoms with Crippen LogP contribution in [0.2, 0.25) is 0 Å². The third-order valence-corrected chi connectivity index (χ3v) is 6.19. The molecule has 1 heterocycles. The molecule has 0 spiro atoms. The lowest BCUT2D eigenvalue weighted by Crippen LogP contribution is -2.11. The monoisotopic (exact) mass is 497 g/mol. The van der Waals surface area contributed by atoms with Gasteiger partial charge in [-0.15, -0.1) is 10.2 Å². The van der Waals surface area contributed by atoms with E-state index in [9.17, 15) is 9.59 Å². The van der Waals surface area contributed by atoms with Crippen LogP contribution in [-0.4, -0.2) is 27.1 Å². The number of unbranched alkanes of at least 4 members (excludes halogenated alkanes) is 1. The Bertz CT molecular complexity index is 1300. The van der Waals surface area contributed by atoms with Crippen molar-refractivity contribution >= 4 is 17.4 Å². The van der Waals surface area contributed by atoms with Gasteiger partial charge in [0.05, 0.1) is 6.04 Å². The van der Waals surface area contributed by atoms with Gasteiger partial charge in [-0.2, -0.15) is 0 Å². The molecule has 0 fully saturated rings. The van der Waals surface area contributed by atoms with Crippen LogP contribution < -0.4 is 5.32 Å². The van der Waals surface area contributed by atoms with Gasteiger partial charge >= 0.3 is 5.97 Å². The summed E-state index contributed by atoms with van der Waals surface area (Å²) in [5.74, 6) is 0.0490. The third-order valence-electron chi connectivity index (χ3n) is 6.19. The number of anilines is 1. The van der Waals surface area contributed by atoms with Crippen molar-refractivity contribution in [2.45, 2.75) is 51.5 Å². The maximum atomic E-state index is 12.3. The molecule has 1 unspecified atom stereocenters. The Labute approximate surface area is 216 Å². The van der Waals surface area contributed by atoms with Crippen molar-refractivity contribution in [1.29, 1.82) is 0 Å². The second kappa shape index (κ2) is 12.6. The van der Waals surface area contributed by atoms with Crippen LogP contribution in [0.25, 0.3) is 22.9 Å². The summed E-state index contributed by atoms with van der Waals surface area (Å²) in [5.41, 5.74) is 4.42. The first-order chi connectivity index (χ1) is 18.0. The Kier molecular flexibility index (Phi) is 8.81. The van der Waals surface area contributed by atoms with Crippen molar-refractivity contribution in [1.82, 2.24) is 10.2 Å². The van der Waals surface area contributed by atoms with Crippen LogP contribution >= 0.6 is 0 Å². The zero-order chi connectivity index (χ0) is 26.0.